The van der Waals surface area contributed by atoms with Crippen LogP contribution in [0.25, 0.3) is 11.0 Å². The number of hydrogen-bond acceptors (Lipinski definition) is 3. The van der Waals surface area contributed by atoms with E-state index in [1.165, 1.54) is 16.7 Å². The van der Waals surface area contributed by atoms with Crippen molar-refractivity contribution in [2.75, 3.05) is 6.61 Å². The van der Waals surface area contributed by atoms with Crippen LogP contribution in [0.1, 0.15) is 35.4 Å². The molecule has 1 aromatic heterocycles. The van der Waals surface area contributed by atoms with Gasteiger partial charge in [0.1, 0.15) is 23.9 Å². The molecular weight excluding hydrogens is 384 g/mol. The van der Waals surface area contributed by atoms with Crippen LogP contribution in [0.4, 0.5) is 0 Å². The standard InChI is InChI=1S/C27H30N2O2/c1-20-10-13-23(14-11-20)31-19-27-28-25-8-4-5-9-26(25)29(27)16-6-7-17-30-24-15-12-21(2)22(3)18-24/h4-5,8-15,18H,6-7,16-17,19H2,1-3H3. The molecule has 4 aromatic rings. The lowest BCUT2D eigenvalue weighted by atomic mass is 10.1. The molecule has 4 rings (SSSR count). The average Bonchev–Trinajstić information content (AvgIpc) is 3.13. The number of ether oxygens (including phenoxy) is 2. The minimum atomic E-state index is 0.455. The summed E-state index contributed by atoms with van der Waals surface area (Å²) >= 11 is 0. The van der Waals surface area contributed by atoms with E-state index in [2.05, 4.69) is 67.8 Å². The van der Waals surface area contributed by atoms with Crippen molar-refractivity contribution < 1.29 is 9.47 Å². The highest BCUT2D eigenvalue weighted by molar-refractivity contribution is 5.75. The Labute approximate surface area is 184 Å². The number of aryl methyl sites for hydroxylation is 4. The molecule has 0 aliphatic carbocycles. The third-order valence-corrected chi connectivity index (χ3v) is 5.65. The first-order valence-corrected chi connectivity index (χ1v) is 10.9. The van der Waals surface area contributed by atoms with Gasteiger partial charge in [-0.15, -0.1) is 0 Å². The molecule has 0 unspecified atom stereocenters. The normalized spacial score (nSPS) is 11.1. The number of fused-ring (bicyclic) bond motifs is 1. The zero-order chi connectivity index (χ0) is 21.6. The number of hydrogen-bond donors (Lipinski definition) is 0. The van der Waals surface area contributed by atoms with E-state index in [1.54, 1.807) is 0 Å². The molecule has 4 nitrogen and oxygen atoms in total. The van der Waals surface area contributed by atoms with Gasteiger partial charge in [-0.1, -0.05) is 35.9 Å². The number of unbranched alkanes of at least 4 members (excludes halogenated alkanes) is 1. The summed E-state index contributed by atoms with van der Waals surface area (Å²) in [5.41, 5.74) is 5.94. The third kappa shape index (κ3) is 5.26. The van der Waals surface area contributed by atoms with Gasteiger partial charge in [0.2, 0.25) is 0 Å². The molecule has 0 aliphatic heterocycles. The maximum Gasteiger partial charge on any atom is 0.147 e. The molecule has 0 N–H and O–H groups in total. The van der Waals surface area contributed by atoms with Crippen molar-refractivity contribution in [2.24, 2.45) is 0 Å². The quantitative estimate of drug-likeness (QED) is 0.297. The predicted molar refractivity (Wildman–Crippen MR) is 126 cm³/mol. The van der Waals surface area contributed by atoms with E-state index in [9.17, 15) is 0 Å². The Morgan fingerprint density at radius 1 is 0.774 bits per heavy atom. The second-order valence-electron chi connectivity index (χ2n) is 8.07. The van der Waals surface area contributed by atoms with Crippen molar-refractivity contribution >= 4 is 11.0 Å². The molecule has 0 bridgehead atoms. The van der Waals surface area contributed by atoms with E-state index in [1.807, 2.05) is 24.3 Å². The summed E-state index contributed by atoms with van der Waals surface area (Å²) in [5.74, 6) is 2.77. The molecule has 0 amide bonds. The van der Waals surface area contributed by atoms with Crippen LogP contribution >= 0.6 is 0 Å². The third-order valence-electron chi connectivity index (χ3n) is 5.65. The molecule has 31 heavy (non-hydrogen) atoms. The zero-order valence-corrected chi connectivity index (χ0v) is 18.6. The predicted octanol–water partition coefficient (Wildman–Crippen LogP) is 6.40. The summed E-state index contributed by atoms with van der Waals surface area (Å²) in [4.78, 5) is 4.82. The first-order valence-electron chi connectivity index (χ1n) is 10.9. The highest BCUT2D eigenvalue weighted by Crippen LogP contribution is 2.20. The van der Waals surface area contributed by atoms with E-state index in [4.69, 9.17) is 14.5 Å². The van der Waals surface area contributed by atoms with Crippen molar-refractivity contribution in [3.05, 3.63) is 89.2 Å². The molecule has 0 aliphatic rings. The first kappa shape index (κ1) is 21.0. The van der Waals surface area contributed by atoms with Gasteiger partial charge >= 0.3 is 0 Å². The number of aromatic nitrogens is 2. The Morgan fingerprint density at radius 3 is 2.35 bits per heavy atom. The smallest absolute Gasteiger partial charge is 0.147 e. The van der Waals surface area contributed by atoms with E-state index in [-0.39, 0.29) is 0 Å². The Balaban J connectivity index is 1.37. The van der Waals surface area contributed by atoms with Crippen LogP contribution in [0.15, 0.2) is 66.7 Å². The summed E-state index contributed by atoms with van der Waals surface area (Å²) in [7, 11) is 0. The van der Waals surface area contributed by atoms with E-state index < -0.39 is 0 Å². The van der Waals surface area contributed by atoms with Crippen LogP contribution in [0.2, 0.25) is 0 Å². The molecule has 0 fully saturated rings. The van der Waals surface area contributed by atoms with E-state index in [0.717, 1.165) is 47.7 Å². The van der Waals surface area contributed by atoms with Gasteiger partial charge in [0.05, 0.1) is 17.6 Å². The molecule has 160 valence electrons. The van der Waals surface area contributed by atoms with Crippen molar-refractivity contribution in [1.82, 2.24) is 9.55 Å². The van der Waals surface area contributed by atoms with Gasteiger partial charge in [-0.05, 0) is 81.1 Å². The maximum absolute atomic E-state index is 6.02. The van der Waals surface area contributed by atoms with Gasteiger partial charge in [-0.2, -0.15) is 0 Å². The van der Waals surface area contributed by atoms with Gasteiger partial charge in [-0.25, -0.2) is 4.98 Å². The molecule has 1 heterocycles. The van der Waals surface area contributed by atoms with Crippen LogP contribution in [0.3, 0.4) is 0 Å². The van der Waals surface area contributed by atoms with Gasteiger partial charge in [0.25, 0.3) is 0 Å². The Kier molecular flexibility index (Phi) is 6.56. The maximum atomic E-state index is 6.02. The number of nitrogens with zero attached hydrogens (tertiary/aromatic N) is 2. The van der Waals surface area contributed by atoms with Gasteiger partial charge in [-0.3, -0.25) is 0 Å². The second-order valence-corrected chi connectivity index (χ2v) is 8.07. The molecular formula is C27H30N2O2. The summed E-state index contributed by atoms with van der Waals surface area (Å²) in [6.45, 7) is 8.37. The lowest BCUT2D eigenvalue weighted by molar-refractivity contribution is 0.285. The minimum absolute atomic E-state index is 0.455. The number of benzene rings is 3. The van der Waals surface area contributed by atoms with Crippen LogP contribution in [-0.4, -0.2) is 16.2 Å². The van der Waals surface area contributed by atoms with E-state index >= 15 is 0 Å². The highest BCUT2D eigenvalue weighted by atomic mass is 16.5. The van der Waals surface area contributed by atoms with E-state index in [0.29, 0.717) is 13.2 Å². The van der Waals surface area contributed by atoms with Crippen LogP contribution in [-0.2, 0) is 13.2 Å². The van der Waals surface area contributed by atoms with Crippen molar-refractivity contribution in [2.45, 2.75) is 46.8 Å². The summed E-state index contributed by atoms with van der Waals surface area (Å²) < 4.78 is 14.2. The Bertz CT molecular complexity index is 1150. The average molecular weight is 415 g/mol. The summed E-state index contributed by atoms with van der Waals surface area (Å²) in [5, 5.41) is 0. The lowest BCUT2D eigenvalue weighted by Crippen LogP contribution is -2.09. The highest BCUT2D eigenvalue weighted by Gasteiger charge is 2.11. The topological polar surface area (TPSA) is 36.3 Å². The second kappa shape index (κ2) is 9.69. The zero-order valence-electron chi connectivity index (χ0n) is 18.6. The van der Waals surface area contributed by atoms with Crippen molar-refractivity contribution in [1.29, 1.82) is 0 Å². The van der Waals surface area contributed by atoms with Gasteiger partial charge in [0, 0.05) is 6.54 Å². The van der Waals surface area contributed by atoms with Gasteiger partial charge < -0.3 is 14.0 Å². The molecule has 0 saturated carbocycles. The van der Waals surface area contributed by atoms with Crippen LogP contribution in [0.5, 0.6) is 11.5 Å². The summed E-state index contributed by atoms with van der Waals surface area (Å²) in [6.07, 6.45) is 2.00. The van der Waals surface area contributed by atoms with Crippen LogP contribution in [0, 0.1) is 20.8 Å². The molecule has 0 atom stereocenters. The fourth-order valence-electron chi connectivity index (χ4n) is 3.63. The Morgan fingerprint density at radius 2 is 1.55 bits per heavy atom. The lowest BCUT2D eigenvalue weighted by Gasteiger charge is -2.12. The fourth-order valence-corrected chi connectivity index (χ4v) is 3.63. The largest absolute Gasteiger partial charge is 0.494 e. The number of rotatable bonds is 9. The van der Waals surface area contributed by atoms with Crippen LogP contribution < -0.4 is 9.47 Å². The summed E-state index contributed by atoms with van der Waals surface area (Å²) in [6, 6.07) is 22.7. The molecule has 3 aromatic carbocycles. The molecule has 0 radical (unpaired) electrons. The Hall–Kier alpha value is -3.27. The monoisotopic (exact) mass is 414 g/mol. The minimum Gasteiger partial charge on any atom is -0.494 e. The molecule has 0 saturated heterocycles. The number of para-hydroxylation sites is 2. The van der Waals surface area contributed by atoms with Gasteiger partial charge in [0.15, 0.2) is 0 Å². The molecule has 4 heteroatoms. The SMILES string of the molecule is Cc1ccc(OCc2nc3ccccc3n2CCCCOc2ccc(C)c(C)c2)cc1. The number of imidazole rings is 1. The fraction of sp³-hybridized carbons (Fsp3) is 0.296. The first-order chi connectivity index (χ1) is 15.1. The van der Waals surface area contributed by atoms with Crippen molar-refractivity contribution in [3.63, 3.8) is 0 Å². The molecule has 0 spiro atoms. The van der Waals surface area contributed by atoms with Crippen molar-refractivity contribution in [3.8, 4) is 11.5 Å².